The van der Waals surface area contributed by atoms with E-state index in [2.05, 4.69) is 20.1 Å². The van der Waals surface area contributed by atoms with E-state index >= 15 is 0 Å². The van der Waals surface area contributed by atoms with E-state index in [-0.39, 0.29) is 11.6 Å². The van der Waals surface area contributed by atoms with Gasteiger partial charge in [-0.1, -0.05) is 23.7 Å². The number of pyridine rings is 1. The molecule has 0 aliphatic carbocycles. The summed E-state index contributed by atoms with van der Waals surface area (Å²) in [5.74, 6) is -0.264. The van der Waals surface area contributed by atoms with Gasteiger partial charge in [-0.2, -0.15) is 5.10 Å². The van der Waals surface area contributed by atoms with Crippen molar-refractivity contribution in [2.75, 3.05) is 11.9 Å². The van der Waals surface area contributed by atoms with E-state index in [0.717, 1.165) is 16.9 Å². The van der Waals surface area contributed by atoms with Gasteiger partial charge in [0.1, 0.15) is 10.8 Å². The minimum atomic E-state index is -0.264. The zero-order chi connectivity index (χ0) is 21.4. The fourth-order valence-corrected chi connectivity index (χ4v) is 3.39. The Kier molecular flexibility index (Phi) is 4.68. The molecular formula is C22H16ClN7O. The van der Waals surface area contributed by atoms with Crippen LogP contribution in [0.4, 0.5) is 5.69 Å². The number of carbonyl (C=O) groups is 1. The first-order valence-corrected chi connectivity index (χ1v) is 9.81. The number of imidazole rings is 1. The number of fused-ring (bicyclic) bond motifs is 1. The van der Waals surface area contributed by atoms with E-state index in [0.29, 0.717) is 16.5 Å². The number of hydrogen-bond donors (Lipinski definition) is 0. The van der Waals surface area contributed by atoms with Crippen molar-refractivity contribution in [1.82, 2.24) is 29.1 Å². The molecule has 0 aliphatic heterocycles. The Hall–Kier alpha value is -4.04. The molecule has 0 spiro atoms. The monoisotopic (exact) mass is 429 g/mol. The number of aromatic nitrogens is 6. The van der Waals surface area contributed by atoms with Gasteiger partial charge in [-0.25, -0.2) is 19.6 Å². The van der Waals surface area contributed by atoms with Gasteiger partial charge in [0.25, 0.3) is 5.91 Å². The number of anilines is 1. The summed E-state index contributed by atoms with van der Waals surface area (Å²) in [5.41, 5.74) is 4.34. The number of nitrogens with zero attached hydrogens (tertiary/aromatic N) is 7. The van der Waals surface area contributed by atoms with Crippen molar-refractivity contribution in [1.29, 1.82) is 0 Å². The van der Waals surface area contributed by atoms with Crippen molar-refractivity contribution in [3.8, 4) is 16.9 Å². The molecule has 4 aromatic heterocycles. The Balaban J connectivity index is 1.48. The molecule has 152 valence electrons. The highest BCUT2D eigenvalue weighted by Crippen LogP contribution is 2.23. The molecule has 0 saturated carbocycles. The Morgan fingerprint density at radius 2 is 1.84 bits per heavy atom. The number of hydrogen-bond acceptors (Lipinski definition) is 5. The van der Waals surface area contributed by atoms with Gasteiger partial charge in [0, 0.05) is 31.2 Å². The predicted octanol–water partition coefficient (Wildman–Crippen LogP) is 3.91. The lowest BCUT2D eigenvalue weighted by Gasteiger charge is -2.16. The SMILES string of the molecule is CN(C(=O)c1cn2c(-c3ccc(-n4cccn4)cc3)cnc2cn1)c1ccc(Cl)nc1. The second kappa shape index (κ2) is 7.66. The molecule has 0 N–H and O–H groups in total. The summed E-state index contributed by atoms with van der Waals surface area (Å²) in [6.07, 6.45) is 10.2. The van der Waals surface area contributed by atoms with Crippen LogP contribution < -0.4 is 4.90 Å². The number of amides is 1. The summed E-state index contributed by atoms with van der Waals surface area (Å²) in [4.78, 5) is 27.2. The minimum Gasteiger partial charge on any atom is -0.309 e. The predicted molar refractivity (Wildman–Crippen MR) is 118 cm³/mol. The second-order valence-electron chi connectivity index (χ2n) is 6.84. The summed E-state index contributed by atoms with van der Waals surface area (Å²) < 4.78 is 3.65. The highest BCUT2D eigenvalue weighted by molar-refractivity contribution is 6.29. The first kappa shape index (κ1) is 19.0. The zero-order valence-electron chi connectivity index (χ0n) is 16.4. The minimum absolute atomic E-state index is 0.264. The topological polar surface area (TPSA) is 81.2 Å². The second-order valence-corrected chi connectivity index (χ2v) is 7.23. The molecule has 0 aliphatic rings. The summed E-state index contributed by atoms with van der Waals surface area (Å²) in [6.45, 7) is 0. The van der Waals surface area contributed by atoms with Crippen LogP contribution in [0.25, 0.3) is 22.6 Å². The molecule has 4 heterocycles. The van der Waals surface area contributed by atoms with Crippen LogP contribution in [-0.4, -0.2) is 42.1 Å². The van der Waals surface area contributed by atoms with Gasteiger partial charge in [-0.15, -0.1) is 0 Å². The van der Waals surface area contributed by atoms with Gasteiger partial charge in [-0.05, 0) is 30.3 Å². The number of halogens is 1. The van der Waals surface area contributed by atoms with Crippen LogP contribution in [0.2, 0.25) is 5.15 Å². The molecule has 5 aromatic rings. The van der Waals surface area contributed by atoms with Crippen LogP contribution in [0, 0.1) is 0 Å². The van der Waals surface area contributed by atoms with Crippen LogP contribution >= 0.6 is 11.6 Å². The van der Waals surface area contributed by atoms with E-state index in [1.54, 1.807) is 54.8 Å². The summed E-state index contributed by atoms with van der Waals surface area (Å²) in [5, 5.41) is 4.61. The molecule has 0 unspecified atom stereocenters. The van der Waals surface area contributed by atoms with E-state index in [1.807, 2.05) is 40.9 Å². The smallest absolute Gasteiger partial charge is 0.278 e. The number of carbonyl (C=O) groups excluding carboxylic acids is 1. The normalized spacial score (nSPS) is 11.0. The van der Waals surface area contributed by atoms with E-state index in [9.17, 15) is 4.79 Å². The average Bonchev–Trinajstić information content (AvgIpc) is 3.49. The molecule has 5 rings (SSSR count). The summed E-state index contributed by atoms with van der Waals surface area (Å²) in [7, 11) is 1.67. The molecule has 0 radical (unpaired) electrons. The van der Waals surface area contributed by atoms with Crippen molar-refractivity contribution < 1.29 is 4.79 Å². The quantitative estimate of drug-likeness (QED) is 0.404. The van der Waals surface area contributed by atoms with Crippen LogP contribution in [0.15, 0.2) is 79.6 Å². The van der Waals surface area contributed by atoms with Crippen molar-refractivity contribution in [2.45, 2.75) is 0 Å². The van der Waals surface area contributed by atoms with Crippen LogP contribution in [0.1, 0.15) is 10.5 Å². The highest BCUT2D eigenvalue weighted by atomic mass is 35.5. The van der Waals surface area contributed by atoms with Crippen LogP contribution in [0.3, 0.4) is 0 Å². The largest absolute Gasteiger partial charge is 0.309 e. The third kappa shape index (κ3) is 3.53. The van der Waals surface area contributed by atoms with Gasteiger partial charge in [0.2, 0.25) is 0 Å². The van der Waals surface area contributed by atoms with Crippen molar-refractivity contribution >= 4 is 28.8 Å². The maximum absolute atomic E-state index is 13.0. The first-order valence-electron chi connectivity index (χ1n) is 9.43. The first-order chi connectivity index (χ1) is 15.1. The van der Waals surface area contributed by atoms with Crippen LogP contribution in [-0.2, 0) is 0 Å². The Labute approximate surface area is 182 Å². The molecule has 9 heteroatoms. The Morgan fingerprint density at radius 3 is 2.55 bits per heavy atom. The third-order valence-corrected chi connectivity index (χ3v) is 5.17. The fourth-order valence-electron chi connectivity index (χ4n) is 3.28. The van der Waals surface area contributed by atoms with Gasteiger partial charge in [0.15, 0.2) is 5.65 Å². The van der Waals surface area contributed by atoms with Crippen molar-refractivity contribution in [3.05, 3.63) is 90.5 Å². The Bertz CT molecular complexity index is 1360. The van der Waals surface area contributed by atoms with Gasteiger partial charge < -0.3 is 4.90 Å². The molecular weight excluding hydrogens is 414 g/mol. The van der Waals surface area contributed by atoms with Crippen molar-refractivity contribution in [2.24, 2.45) is 0 Å². The van der Waals surface area contributed by atoms with Gasteiger partial charge in [-0.3, -0.25) is 9.20 Å². The molecule has 1 aromatic carbocycles. The summed E-state index contributed by atoms with van der Waals surface area (Å²) in [6, 6.07) is 13.2. The molecule has 0 bridgehead atoms. The molecule has 1 amide bonds. The molecule has 0 atom stereocenters. The Morgan fingerprint density at radius 1 is 1.00 bits per heavy atom. The lowest BCUT2D eigenvalue weighted by atomic mass is 10.1. The maximum atomic E-state index is 13.0. The molecule has 0 fully saturated rings. The van der Waals surface area contributed by atoms with Crippen LogP contribution in [0.5, 0.6) is 0 Å². The molecule has 31 heavy (non-hydrogen) atoms. The van der Waals surface area contributed by atoms with Gasteiger partial charge >= 0.3 is 0 Å². The number of benzene rings is 1. The number of rotatable bonds is 4. The fraction of sp³-hybridized carbons (Fsp3) is 0.0455. The highest BCUT2D eigenvalue weighted by Gasteiger charge is 2.17. The zero-order valence-corrected chi connectivity index (χ0v) is 17.2. The van der Waals surface area contributed by atoms with E-state index < -0.39 is 0 Å². The van der Waals surface area contributed by atoms with Gasteiger partial charge in [0.05, 0.1) is 35.7 Å². The third-order valence-electron chi connectivity index (χ3n) is 4.95. The summed E-state index contributed by atoms with van der Waals surface area (Å²) >= 11 is 5.84. The maximum Gasteiger partial charge on any atom is 0.278 e. The van der Waals surface area contributed by atoms with Crippen molar-refractivity contribution in [3.63, 3.8) is 0 Å². The lowest BCUT2D eigenvalue weighted by Crippen LogP contribution is -2.27. The standard InChI is InChI=1S/C22H16ClN7O/c1-28(17-7-8-20(23)25-11-17)22(31)18-14-29-19(12-26-21(29)13-24-18)15-3-5-16(6-4-15)30-10-2-9-27-30/h2-14H,1H3. The van der Waals surface area contributed by atoms with E-state index in [1.165, 1.54) is 4.90 Å². The lowest BCUT2D eigenvalue weighted by molar-refractivity contribution is 0.0987. The van der Waals surface area contributed by atoms with E-state index in [4.69, 9.17) is 11.6 Å². The molecule has 8 nitrogen and oxygen atoms in total. The average molecular weight is 430 g/mol. The molecule has 0 saturated heterocycles.